The van der Waals surface area contributed by atoms with Gasteiger partial charge in [-0.25, -0.2) is 0 Å². The molecule has 3 heteroatoms. The second-order valence-electron chi connectivity index (χ2n) is 5.43. The van der Waals surface area contributed by atoms with Gasteiger partial charge in [-0.2, -0.15) is 0 Å². The van der Waals surface area contributed by atoms with E-state index in [0.717, 1.165) is 31.8 Å². The fourth-order valence-corrected chi connectivity index (χ4v) is 2.84. The van der Waals surface area contributed by atoms with Gasteiger partial charge in [0, 0.05) is 12.6 Å². The topological polar surface area (TPSA) is 41.1 Å². The quantitative estimate of drug-likeness (QED) is 0.746. The van der Waals surface area contributed by atoms with Gasteiger partial charge in [-0.15, -0.1) is 0 Å². The Morgan fingerprint density at radius 3 is 2.88 bits per heavy atom. The third kappa shape index (κ3) is 2.24. The summed E-state index contributed by atoms with van der Waals surface area (Å²) in [5, 5.41) is 6.56. The standard InChI is InChI=1S/C13H24N2O/c1-3-5-10-8-11(10)15-12(16)13(4-2)6-7-14-9-13/h10-11,14H,3-9H2,1-2H3,(H,15,16). The first kappa shape index (κ1) is 11.9. The molecule has 3 nitrogen and oxygen atoms in total. The van der Waals surface area contributed by atoms with Crippen LogP contribution in [0.15, 0.2) is 0 Å². The van der Waals surface area contributed by atoms with Gasteiger partial charge >= 0.3 is 0 Å². The second kappa shape index (κ2) is 4.74. The van der Waals surface area contributed by atoms with Crippen LogP contribution < -0.4 is 10.6 Å². The normalized spacial score (nSPS) is 37.4. The first-order chi connectivity index (χ1) is 7.72. The minimum atomic E-state index is -0.112. The molecule has 2 fully saturated rings. The lowest BCUT2D eigenvalue weighted by Crippen LogP contribution is -2.43. The summed E-state index contributed by atoms with van der Waals surface area (Å²) in [5.74, 6) is 1.06. The van der Waals surface area contributed by atoms with Crippen LogP contribution in [0.25, 0.3) is 0 Å². The van der Waals surface area contributed by atoms with Crippen LogP contribution in [0.5, 0.6) is 0 Å². The monoisotopic (exact) mass is 224 g/mol. The summed E-state index contributed by atoms with van der Waals surface area (Å²) in [4.78, 5) is 12.2. The molecule has 0 bridgehead atoms. The lowest BCUT2D eigenvalue weighted by atomic mass is 9.83. The average molecular weight is 224 g/mol. The van der Waals surface area contributed by atoms with Crippen LogP contribution in [0.1, 0.15) is 46.0 Å². The molecule has 1 amide bonds. The molecule has 0 aromatic rings. The van der Waals surface area contributed by atoms with Gasteiger partial charge < -0.3 is 10.6 Å². The summed E-state index contributed by atoms with van der Waals surface area (Å²) in [6, 6.07) is 0.483. The predicted molar refractivity (Wildman–Crippen MR) is 65.2 cm³/mol. The fraction of sp³-hybridized carbons (Fsp3) is 0.923. The summed E-state index contributed by atoms with van der Waals surface area (Å²) in [6.45, 7) is 6.19. The van der Waals surface area contributed by atoms with Gasteiger partial charge in [0.25, 0.3) is 0 Å². The van der Waals surface area contributed by atoms with Crippen LogP contribution >= 0.6 is 0 Å². The maximum absolute atomic E-state index is 12.2. The number of amides is 1. The smallest absolute Gasteiger partial charge is 0.227 e. The molecule has 0 aromatic heterocycles. The van der Waals surface area contributed by atoms with Crippen molar-refractivity contribution < 1.29 is 4.79 Å². The van der Waals surface area contributed by atoms with Crippen molar-refractivity contribution in [2.45, 2.75) is 52.0 Å². The molecular weight excluding hydrogens is 200 g/mol. The Balaban J connectivity index is 1.83. The van der Waals surface area contributed by atoms with Crippen molar-refractivity contribution in [3.05, 3.63) is 0 Å². The third-order valence-corrected chi connectivity index (χ3v) is 4.30. The fourth-order valence-electron chi connectivity index (χ4n) is 2.84. The molecule has 3 atom stereocenters. The molecule has 0 spiro atoms. The van der Waals surface area contributed by atoms with E-state index >= 15 is 0 Å². The zero-order valence-electron chi connectivity index (χ0n) is 10.5. The highest BCUT2D eigenvalue weighted by Gasteiger charge is 2.44. The molecule has 1 aliphatic carbocycles. The highest BCUT2D eigenvalue weighted by Crippen LogP contribution is 2.37. The molecule has 1 saturated carbocycles. The molecule has 1 aliphatic heterocycles. The van der Waals surface area contributed by atoms with Gasteiger partial charge in [-0.05, 0) is 38.1 Å². The molecule has 1 saturated heterocycles. The summed E-state index contributed by atoms with van der Waals surface area (Å²) < 4.78 is 0. The van der Waals surface area contributed by atoms with Gasteiger partial charge in [0.15, 0.2) is 0 Å². The Morgan fingerprint density at radius 1 is 1.50 bits per heavy atom. The first-order valence-electron chi connectivity index (χ1n) is 6.73. The van der Waals surface area contributed by atoms with E-state index < -0.39 is 0 Å². The van der Waals surface area contributed by atoms with Gasteiger partial charge in [-0.3, -0.25) is 4.79 Å². The van der Waals surface area contributed by atoms with E-state index in [1.165, 1.54) is 19.3 Å². The minimum Gasteiger partial charge on any atom is -0.353 e. The maximum atomic E-state index is 12.2. The van der Waals surface area contributed by atoms with Crippen molar-refractivity contribution >= 4 is 5.91 Å². The largest absolute Gasteiger partial charge is 0.353 e. The van der Waals surface area contributed by atoms with Gasteiger partial charge in [0.2, 0.25) is 5.91 Å². The van der Waals surface area contributed by atoms with Crippen LogP contribution in [0.2, 0.25) is 0 Å². The van der Waals surface area contributed by atoms with E-state index in [4.69, 9.17) is 0 Å². The summed E-state index contributed by atoms with van der Waals surface area (Å²) in [7, 11) is 0. The SMILES string of the molecule is CCCC1CC1NC(=O)C1(CC)CCNC1. The number of hydrogen-bond acceptors (Lipinski definition) is 2. The maximum Gasteiger partial charge on any atom is 0.227 e. The van der Waals surface area contributed by atoms with Crippen molar-refractivity contribution in [1.82, 2.24) is 10.6 Å². The Labute approximate surface area is 98.4 Å². The van der Waals surface area contributed by atoms with E-state index in [-0.39, 0.29) is 5.41 Å². The Kier molecular flexibility index (Phi) is 3.53. The number of rotatable bonds is 5. The number of carbonyl (C=O) groups is 1. The number of hydrogen-bond donors (Lipinski definition) is 2. The Morgan fingerprint density at radius 2 is 2.31 bits per heavy atom. The first-order valence-corrected chi connectivity index (χ1v) is 6.73. The minimum absolute atomic E-state index is 0.112. The van der Waals surface area contributed by atoms with E-state index in [2.05, 4.69) is 24.5 Å². The second-order valence-corrected chi connectivity index (χ2v) is 5.43. The van der Waals surface area contributed by atoms with Gasteiger partial charge in [0.05, 0.1) is 5.41 Å². The molecule has 3 unspecified atom stereocenters. The average Bonchev–Trinajstić information content (AvgIpc) is 2.84. The molecular formula is C13H24N2O. The predicted octanol–water partition coefficient (Wildman–Crippen LogP) is 1.68. The molecule has 92 valence electrons. The van der Waals surface area contributed by atoms with Crippen LogP contribution in [0.3, 0.4) is 0 Å². The van der Waals surface area contributed by atoms with E-state index in [0.29, 0.717) is 11.9 Å². The lowest BCUT2D eigenvalue weighted by molar-refractivity contribution is -0.130. The van der Waals surface area contributed by atoms with Crippen LogP contribution in [0, 0.1) is 11.3 Å². The van der Waals surface area contributed by atoms with Crippen LogP contribution in [-0.4, -0.2) is 25.0 Å². The summed E-state index contributed by atoms with van der Waals surface area (Å²) >= 11 is 0. The molecule has 1 heterocycles. The van der Waals surface area contributed by atoms with E-state index in [1.54, 1.807) is 0 Å². The highest BCUT2D eigenvalue weighted by molar-refractivity contribution is 5.83. The van der Waals surface area contributed by atoms with Crippen molar-refractivity contribution in [3.63, 3.8) is 0 Å². The van der Waals surface area contributed by atoms with Crippen molar-refractivity contribution in [3.8, 4) is 0 Å². The molecule has 2 rings (SSSR count). The number of carbonyl (C=O) groups excluding carboxylic acids is 1. The third-order valence-electron chi connectivity index (χ3n) is 4.30. The van der Waals surface area contributed by atoms with Crippen LogP contribution in [0.4, 0.5) is 0 Å². The van der Waals surface area contributed by atoms with Gasteiger partial charge in [0.1, 0.15) is 0 Å². The van der Waals surface area contributed by atoms with Crippen molar-refractivity contribution in [1.29, 1.82) is 0 Å². The van der Waals surface area contributed by atoms with E-state index in [9.17, 15) is 4.79 Å². The molecule has 16 heavy (non-hydrogen) atoms. The number of nitrogens with one attached hydrogen (secondary N) is 2. The van der Waals surface area contributed by atoms with Gasteiger partial charge in [-0.1, -0.05) is 20.3 Å². The van der Waals surface area contributed by atoms with Crippen molar-refractivity contribution in [2.75, 3.05) is 13.1 Å². The summed E-state index contributed by atoms with van der Waals surface area (Å²) in [6.07, 6.45) is 5.66. The zero-order valence-corrected chi connectivity index (χ0v) is 10.5. The molecule has 2 aliphatic rings. The molecule has 2 N–H and O–H groups in total. The molecule has 0 radical (unpaired) electrons. The van der Waals surface area contributed by atoms with Crippen molar-refractivity contribution in [2.24, 2.45) is 11.3 Å². The van der Waals surface area contributed by atoms with E-state index in [1.807, 2.05) is 0 Å². The zero-order chi connectivity index (χ0) is 11.6. The Hall–Kier alpha value is -0.570. The molecule has 0 aromatic carbocycles. The Bertz CT molecular complexity index is 259. The summed E-state index contributed by atoms with van der Waals surface area (Å²) in [5.41, 5.74) is -0.112. The highest BCUT2D eigenvalue weighted by atomic mass is 16.2. The lowest BCUT2D eigenvalue weighted by Gasteiger charge is -2.25. The van der Waals surface area contributed by atoms with Crippen LogP contribution in [-0.2, 0) is 4.79 Å².